The summed E-state index contributed by atoms with van der Waals surface area (Å²) in [5.41, 5.74) is -0.104. The topological polar surface area (TPSA) is 75.3 Å². The largest absolute Gasteiger partial charge is 0.416 e. The lowest BCUT2D eigenvalue weighted by Gasteiger charge is -2.35. The smallest absolute Gasteiger partial charge is 0.352 e. The van der Waals surface area contributed by atoms with Gasteiger partial charge in [-0.1, -0.05) is 12.1 Å². The van der Waals surface area contributed by atoms with Crippen LogP contribution in [0.15, 0.2) is 24.3 Å². The van der Waals surface area contributed by atoms with Crippen LogP contribution in [0.1, 0.15) is 30.9 Å². The molecule has 1 aromatic rings. The molecule has 1 atom stereocenters. The molecule has 27 heavy (non-hydrogen) atoms. The third-order valence-electron chi connectivity index (χ3n) is 4.74. The van der Waals surface area contributed by atoms with Crippen molar-refractivity contribution in [1.82, 2.24) is 10.6 Å². The quantitative estimate of drug-likeness (QED) is 0.754. The molecule has 5 nitrogen and oxygen atoms in total. The van der Waals surface area contributed by atoms with Crippen molar-refractivity contribution < 1.29 is 26.4 Å². The number of piperidine rings is 1. The first-order valence-electron chi connectivity index (χ1n) is 8.33. The highest BCUT2D eigenvalue weighted by Gasteiger charge is 2.48. The van der Waals surface area contributed by atoms with Gasteiger partial charge in [-0.3, -0.25) is 4.79 Å². The van der Waals surface area contributed by atoms with Gasteiger partial charge in [-0.25, -0.2) is 8.42 Å². The molecule has 0 aliphatic carbocycles. The summed E-state index contributed by atoms with van der Waals surface area (Å²) >= 11 is 0. The summed E-state index contributed by atoms with van der Waals surface area (Å²) in [7, 11) is -3.60. The van der Waals surface area contributed by atoms with Crippen molar-refractivity contribution in [2.75, 3.05) is 19.3 Å². The Morgan fingerprint density at radius 2 is 1.74 bits per heavy atom. The molecule has 1 heterocycles. The predicted molar refractivity (Wildman–Crippen MR) is 99.7 cm³/mol. The molecule has 2 N–H and O–H groups in total. The zero-order chi connectivity index (χ0) is 19.6. The van der Waals surface area contributed by atoms with Crippen molar-refractivity contribution in [1.29, 1.82) is 0 Å². The lowest BCUT2D eigenvalue weighted by atomic mass is 9.95. The van der Waals surface area contributed by atoms with E-state index in [-0.39, 0.29) is 25.2 Å². The van der Waals surface area contributed by atoms with Gasteiger partial charge in [-0.05, 0) is 57.0 Å². The summed E-state index contributed by atoms with van der Waals surface area (Å²) in [5, 5.41) is 5.76. The third kappa shape index (κ3) is 5.58. The second-order valence-corrected chi connectivity index (χ2v) is 9.12. The highest BCUT2D eigenvalue weighted by atomic mass is 35.5. The summed E-state index contributed by atoms with van der Waals surface area (Å²) in [5.74, 6) is -0.541. The van der Waals surface area contributed by atoms with Gasteiger partial charge in [-0.2, -0.15) is 13.2 Å². The molecule has 0 saturated carbocycles. The van der Waals surface area contributed by atoms with Crippen LogP contribution in [0.4, 0.5) is 13.2 Å². The van der Waals surface area contributed by atoms with Crippen LogP contribution in [0.2, 0.25) is 0 Å². The fourth-order valence-corrected chi connectivity index (χ4v) is 4.53. The van der Waals surface area contributed by atoms with Crippen molar-refractivity contribution in [3.63, 3.8) is 0 Å². The summed E-state index contributed by atoms with van der Waals surface area (Å²) in [6.45, 7) is 2.58. The molecule has 2 rings (SSSR count). The molecule has 0 aromatic heterocycles. The second kappa shape index (κ2) is 8.79. The molecular formula is C17H24ClF3N2O3S. The second-order valence-electron chi connectivity index (χ2n) is 6.79. The summed E-state index contributed by atoms with van der Waals surface area (Å²) in [6.07, 6.45) is -2.62. The fraction of sp³-hybridized carbons (Fsp3) is 0.588. The van der Waals surface area contributed by atoms with E-state index in [1.54, 1.807) is 6.92 Å². The first-order valence-corrected chi connectivity index (χ1v) is 10.2. The molecule has 154 valence electrons. The number of amides is 1. The maximum absolute atomic E-state index is 12.7. The SMILES string of the molecule is CC(Cc1ccc(C(F)(F)F)cc1)NC(=O)C1(S(C)(=O)=O)CCNCC1.Cl. The van der Waals surface area contributed by atoms with E-state index in [9.17, 15) is 26.4 Å². The number of nitrogens with one attached hydrogen (secondary N) is 2. The number of hydrogen-bond donors (Lipinski definition) is 2. The molecule has 10 heteroatoms. The monoisotopic (exact) mass is 428 g/mol. The Bertz CT molecular complexity index is 746. The van der Waals surface area contributed by atoms with E-state index in [0.29, 0.717) is 25.1 Å². The van der Waals surface area contributed by atoms with Gasteiger partial charge in [0.05, 0.1) is 5.56 Å². The Balaban J connectivity index is 0.00000364. The van der Waals surface area contributed by atoms with E-state index in [1.807, 2.05) is 0 Å². The van der Waals surface area contributed by atoms with Crippen molar-refractivity contribution in [3.05, 3.63) is 35.4 Å². The standard InChI is InChI=1S/C17H23F3N2O3S.ClH/c1-12(11-13-3-5-14(6-4-13)17(18,19)20)22-15(23)16(26(2,24)25)7-9-21-10-8-16;/h3-6,12,21H,7-11H2,1-2H3,(H,22,23);1H. The lowest BCUT2D eigenvalue weighted by molar-refractivity contribution is -0.137. The van der Waals surface area contributed by atoms with E-state index in [4.69, 9.17) is 0 Å². The van der Waals surface area contributed by atoms with Crippen LogP contribution < -0.4 is 10.6 Å². The molecule has 0 spiro atoms. The highest BCUT2D eigenvalue weighted by Crippen LogP contribution is 2.30. The molecule has 0 radical (unpaired) electrons. The van der Waals surface area contributed by atoms with Crippen LogP contribution in [0.25, 0.3) is 0 Å². The van der Waals surface area contributed by atoms with E-state index in [1.165, 1.54) is 12.1 Å². The summed E-state index contributed by atoms with van der Waals surface area (Å²) in [6, 6.07) is 4.31. The van der Waals surface area contributed by atoms with E-state index >= 15 is 0 Å². The van der Waals surface area contributed by atoms with Gasteiger partial charge in [-0.15, -0.1) is 12.4 Å². The summed E-state index contributed by atoms with van der Waals surface area (Å²) in [4.78, 5) is 12.7. The summed E-state index contributed by atoms with van der Waals surface area (Å²) < 4.78 is 60.8. The fourth-order valence-electron chi connectivity index (χ4n) is 3.19. The van der Waals surface area contributed by atoms with Gasteiger partial charge in [0.1, 0.15) is 0 Å². The van der Waals surface area contributed by atoms with Crippen molar-refractivity contribution in [2.24, 2.45) is 0 Å². The van der Waals surface area contributed by atoms with Crippen LogP contribution in [0, 0.1) is 0 Å². The van der Waals surface area contributed by atoms with Gasteiger partial charge >= 0.3 is 6.18 Å². The van der Waals surface area contributed by atoms with Gasteiger partial charge < -0.3 is 10.6 Å². The number of carbonyl (C=O) groups excluding carboxylic acids is 1. The van der Waals surface area contributed by atoms with Crippen molar-refractivity contribution in [2.45, 2.75) is 43.2 Å². The molecule has 1 saturated heterocycles. The minimum Gasteiger partial charge on any atom is -0.352 e. The van der Waals surface area contributed by atoms with Gasteiger partial charge in [0.15, 0.2) is 14.6 Å². The first-order chi connectivity index (χ1) is 12.0. The third-order valence-corrected chi connectivity index (χ3v) is 6.75. The Kier molecular flexibility index (Phi) is 7.72. The lowest BCUT2D eigenvalue weighted by Crippen LogP contribution is -2.58. The zero-order valence-electron chi connectivity index (χ0n) is 15.1. The number of hydrogen-bond acceptors (Lipinski definition) is 4. The molecule has 1 aliphatic rings. The first kappa shape index (κ1) is 23.7. The van der Waals surface area contributed by atoms with E-state index in [0.717, 1.165) is 18.4 Å². The van der Waals surface area contributed by atoms with Crippen LogP contribution in [0.3, 0.4) is 0 Å². The Labute approximate surface area is 163 Å². The molecule has 1 amide bonds. The van der Waals surface area contributed by atoms with Gasteiger partial charge in [0.25, 0.3) is 0 Å². The number of sulfone groups is 1. The average Bonchev–Trinajstić information content (AvgIpc) is 2.54. The minimum atomic E-state index is -4.39. The van der Waals surface area contributed by atoms with Gasteiger partial charge in [0.2, 0.25) is 5.91 Å². The molecule has 1 fully saturated rings. The highest BCUT2D eigenvalue weighted by molar-refractivity contribution is 7.92. The normalized spacial score (nSPS) is 18.3. The number of rotatable bonds is 5. The average molecular weight is 429 g/mol. The van der Waals surface area contributed by atoms with Crippen molar-refractivity contribution in [3.8, 4) is 0 Å². The molecule has 1 unspecified atom stereocenters. The molecule has 0 bridgehead atoms. The maximum atomic E-state index is 12.7. The van der Waals surface area contributed by atoms with E-state index < -0.39 is 38.3 Å². The number of halogens is 4. The molecule has 1 aliphatic heterocycles. The number of carbonyl (C=O) groups is 1. The predicted octanol–water partition coefficient (Wildman–Crippen LogP) is 2.34. The Hall–Kier alpha value is -1.32. The molecule has 1 aromatic carbocycles. The van der Waals surface area contributed by atoms with Crippen LogP contribution in [-0.4, -0.2) is 44.5 Å². The Morgan fingerprint density at radius 1 is 1.22 bits per heavy atom. The zero-order valence-corrected chi connectivity index (χ0v) is 16.7. The maximum Gasteiger partial charge on any atom is 0.416 e. The minimum absolute atomic E-state index is 0. The number of benzene rings is 1. The van der Waals surface area contributed by atoms with Crippen LogP contribution >= 0.6 is 12.4 Å². The van der Waals surface area contributed by atoms with Gasteiger partial charge in [0, 0.05) is 12.3 Å². The van der Waals surface area contributed by atoms with E-state index in [2.05, 4.69) is 10.6 Å². The number of alkyl halides is 3. The van der Waals surface area contributed by atoms with Crippen LogP contribution in [0.5, 0.6) is 0 Å². The molecular weight excluding hydrogens is 405 g/mol. The Morgan fingerprint density at radius 3 is 2.19 bits per heavy atom. The van der Waals surface area contributed by atoms with Crippen molar-refractivity contribution >= 4 is 28.2 Å². The van der Waals surface area contributed by atoms with Crippen LogP contribution in [-0.2, 0) is 27.2 Å².